The van der Waals surface area contributed by atoms with Crippen LogP contribution in [-0.4, -0.2) is 23.6 Å². The van der Waals surface area contributed by atoms with Crippen molar-refractivity contribution in [3.8, 4) is 5.75 Å². The van der Waals surface area contributed by atoms with Gasteiger partial charge in [-0.15, -0.1) is 0 Å². The van der Waals surface area contributed by atoms with Crippen molar-refractivity contribution < 1.29 is 19.1 Å². The molecule has 3 amide bonds. The number of urea groups is 1. The van der Waals surface area contributed by atoms with Gasteiger partial charge in [-0.2, -0.15) is 0 Å². The maximum atomic E-state index is 13.3. The normalized spacial score (nSPS) is 22.9. The minimum atomic E-state index is -1.09. The van der Waals surface area contributed by atoms with Gasteiger partial charge in [-0.25, -0.2) is 4.79 Å². The molecule has 1 N–H and O–H groups in total. The molecule has 150 valence electrons. The summed E-state index contributed by atoms with van der Waals surface area (Å²) in [6, 6.07) is 9.18. The summed E-state index contributed by atoms with van der Waals surface area (Å²) in [7, 11) is 0. The van der Waals surface area contributed by atoms with Crippen LogP contribution in [0.3, 0.4) is 0 Å². The molecule has 2 aliphatic heterocycles. The van der Waals surface area contributed by atoms with E-state index in [-0.39, 0.29) is 19.2 Å². The van der Waals surface area contributed by atoms with Crippen molar-refractivity contribution in [1.82, 2.24) is 10.2 Å². The number of imide groups is 1. The fourth-order valence-corrected chi connectivity index (χ4v) is 4.73. The third-order valence-corrected chi connectivity index (χ3v) is 6.25. The molecule has 0 saturated carbocycles. The molecule has 2 aromatic rings. The van der Waals surface area contributed by atoms with Gasteiger partial charge in [-0.3, -0.25) is 9.69 Å². The molecule has 0 aromatic heterocycles. The molecular weight excluding hydrogens is 392 g/mol. The monoisotopic (exact) mass is 412 g/mol. The zero-order chi connectivity index (χ0) is 20.2. The Hall–Kier alpha value is -2.57. The largest absolute Gasteiger partial charge is 0.467 e. The lowest BCUT2D eigenvalue weighted by atomic mass is 9.89. The summed E-state index contributed by atoms with van der Waals surface area (Å²) in [4.78, 5) is 27.3. The van der Waals surface area contributed by atoms with Crippen molar-refractivity contribution >= 4 is 23.5 Å². The van der Waals surface area contributed by atoms with Gasteiger partial charge < -0.3 is 14.8 Å². The Balaban J connectivity index is 1.47. The van der Waals surface area contributed by atoms with Crippen molar-refractivity contribution in [3.63, 3.8) is 0 Å². The van der Waals surface area contributed by atoms with Gasteiger partial charge in [-0.1, -0.05) is 29.8 Å². The summed E-state index contributed by atoms with van der Waals surface area (Å²) in [5.41, 5.74) is 3.83. The second-order valence-electron chi connectivity index (χ2n) is 7.95. The van der Waals surface area contributed by atoms with E-state index in [0.717, 1.165) is 30.4 Å². The maximum Gasteiger partial charge on any atom is 0.325 e. The average molecular weight is 413 g/mol. The van der Waals surface area contributed by atoms with E-state index in [1.165, 1.54) is 16.0 Å². The van der Waals surface area contributed by atoms with Crippen LogP contribution < -0.4 is 10.1 Å². The number of hydrogen-bond acceptors (Lipinski definition) is 4. The van der Waals surface area contributed by atoms with Gasteiger partial charge in [0.2, 0.25) is 0 Å². The molecule has 6 nitrogen and oxygen atoms in total. The van der Waals surface area contributed by atoms with E-state index in [1.54, 1.807) is 19.1 Å². The van der Waals surface area contributed by atoms with Gasteiger partial charge in [0.1, 0.15) is 11.3 Å². The van der Waals surface area contributed by atoms with Crippen LogP contribution in [0, 0.1) is 0 Å². The Morgan fingerprint density at radius 3 is 2.83 bits per heavy atom. The first-order chi connectivity index (χ1) is 14.0. The fraction of sp³-hybridized carbons (Fsp3) is 0.364. The molecule has 0 unspecified atom stereocenters. The Morgan fingerprint density at radius 1 is 1.14 bits per heavy atom. The highest BCUT2D eigenvalue weighted by Crippen LogP contribution is 2.36. The zero-order valence-electron chi connectivity index (χ0n) is 16.1. The number of nitrogens with zero attached hydrogens (tertiary/aromatic N) is 1. The van der Waals surface area contributed by atoms with Crippen LogP contribution >= 0.6 is 11.6 Å². The molecule has 0 radical (unpaired) electrons. The molecule has 2 aromatic carbocycles. The number of aryl methyl sites for hydroxylation is 2. The van der Waals surface area contributed by atoms with Gasteiger partial charge in [0.15, 0.2) is 6.79 Å². The Kier molecular flexibility index (Phi) is 4.29. The molecule has 0 spiro atoms. The minimum Gasteiger partial charge on any atom is -0.467 e. The summed E-state index contributed by atoms with van der Waals surface area (Å²) < 4.78 is 10.9. The first-order valence-corrected chi connectivity index (χ1v) is 10.1. The number of ether oxygens (including phenoxy) is 2. The maximum absolute atomic E-state index is 13.3. The van der Waals surface area contributed by atoms with Crippen molar-refractivity contribution in [2.45, 2.75) is 44.9 Å². The second kappa shape index (κ2) is 6.75. The Bertz CT molecular complexity index is 1040. The minimum absolute atomic E-state index is 0.0914. The zero-order valence-corrected chi connectivity index (χ0v) is 16.8. The van der Waals surface area contributed by atoms with Crippen LogP contribution in [0.15, 0.2) is 30.3 Å². The van der Waals surface area contributed by atoms with Crippen molar-refractivity contribution in [2.24, 2.45) is 0 Å². The van der Waals surface area contributed by atoms with Gasteiger partial charge >= 0.3 is 6.03 Å². The predicted octanol–water partition coefficient (Wildman–Crippen LogP) is 3.66. The number of benzene rings is 2. The molecule has 2 heterocycles. The van der Waals surface area contributed by atoms with E-state index in [4.69, 9.17) is 21.1 Å². The molecule has 1 saturated heterocycles. The van der Waals surface area contributed by atoms with Crippen molar-refractivity contribution in [1.29, 1.82) is 0 Å². The number of amides is 3. The fourth-order valence-electron chi connectivity index (χ4n) is 4.46. The molecule has 3 aliphatic rings. The first kappa shape index (κ1) is 18.5. The van der Waals surface area contributed by atoms with Crippen LogP contribution in [0.25, 0.3) is 0 Å². The van der Waals surface area contributed by atoms with E-state index < -0.39 is 11.6 Å². The molecule has 1 fully saturated rings. The van der Waals surface area contributed by atoms with Crippen LogP contribution in [-0.2, 0) is 41.1 Å². The van der Waals surface area contributed by atoms with Crippen LogP contribution in [0.1, 0.15) is 41.2 Å². The molecule has 0 bridgehead atoms. The molecule has 7 heteroatoms. The van der Waals surface area contributed by atoms with E-state index in [1.807, 2.05) is 6.07 Å². The Labute approximate surface area is 173 Å². The van der Waals surface area contributed by atoms with Crippen LogP contribution in [0.5, 0.6) is 5.75 Å². The van der Waals surface area contributed by atoms with Gasteiger partial charge in [0.05, 0.1) is 13.2 Å². The Morgan fingerprint density at radius 2 is 1.97 bits per heavy atom. The van der Waals surface area contributed by atoms with Gasteiger partial charge in [0.25, 0.3) is 5.91 Å². The SMILES string of the molecule is C[C@@]1(c2ccc3c(c2)CCC3)NC(=O)N(Cc2cc(Cl)cc3c2OCOC3)C1=O. The topological polar surface area (TPSA) is 67.9 Å². The molecule has 1 aliphatic carbocycles. The predicted molar refractivity (Wildman–Crippen MR) is 107 cm³/mol. The smallest absolute Gasteiger partial charge is 0.325 e. The third kappa shape index (κ3) is 2.98. The second-order valence-corrected chi connectivity index (χ2v) is 8.38. The lowest BCUT2D eigenvalue weighted by molar-refractivity contribution is -0.131. The van der Waals surface area contributed by atoms with E-state index in [9.17, 15) is 9.59 Å². The van der Waals surface area contributed by atoms with Gasteiger partial charge in [0, 0.05) is 16.1 Å². The molecule has 5 rings (SSSR count). The number of nitrogens with one attached hydrogen (secondary N) is 1. The highest BCUT2D eigenvalue weighted by atomic mass is 35.5. The van der Waals surface area contributed by atoms with Gasteiger partial charge in [-0.05, 0) is 55.0 Å². The highest BCUT2D eigenvalue weighted by molar-refractivity contribution is 6.30. The number of carbonyl (C=O) groups is 2. The van der Waals surface area contributed by atoms with Crippen molar-refractivity contribution in [3.05, 3.63) is 63.2 Å². The number of halogens is 1. The summed E-state index contributed by atoms with van der Waals surface area (Å²) in [5.74, 6) is 0.355. The lowest BCUT2D eigenvalue weighted by Crippen LogP contribution is -2.41. The summed E-state index contributed by atoms with van der Waals surface area (Å²) in [6.07, 6.45) is 3.22. The number of hydrogen-bond donors (Lipinski definition) is 1. The summed E-state index contributed by atoms with van der Waals surface area (Å²) >= 11 is 6.23. The number of rotatable bonds is 3. The molecule has 29 heavy (non-hydrogen) atoms. The molecule has 1 atom stereocenters. The van der Waals surface area contributed by atoms with Crippen LogP contribution in [0.4, 0.5) is 4.79 Å². The average Bonchev–Trinajstić information content (AvgIpc) is 3.26. The quantitative estimate of drug-likeness (QED) is 0.781. The molecular formula is C22H21ClN2O4. The lowest BCUT2D eigenvalue weighted by Gasteiger charge is -2.24. The van der Waals surface area contributed by atoms with Crippen LogP contribution in [0.2, 0.25) is 5.02 Å². The first-order valence-electron chi connectivity index (χ1n) is 9.74. The third-order valence-electron chi connectivity index (χ3n) is 6.03. The standard InChI is InChI=1S/C22H21ClN2O4/c1-22(17-6-5-13-3-2-4-14(13)7-17)20(26)25(21(27)24-22)10-15-8-18(23)9-16-11-28-12-29-19(15)16/h5-9H,2-4,10-12H2,1H3,(H,24,27)/t22-/m0/s1. The summed E-state index contributed by atoms with van der Waals surface area (Å²) in [6.45, 7) is 2.38. The summed E-state index contributed by atoms with van der Waals surface area (Å²) in [5, 5.41) is 3.41. The number of fused-ring (bicyclic) bond motifs is 2. The van der Waals surface area contributed by atoms with E-state index >= 15 is 0 Å². The van der Waals surface area contributed by atoms with E-state index in [0.29, 0.717) is 22.9 Å². The highest BCUT2D eigenvalue weighted by Gasteiger charge is 2.49. The number of carbonyl (C=O) groups excluding carboxylic acids is 2. The van der Waals surface area contributed by atoms with Crippen molar-refractivity contribution in [2.75, 3.05) is 6.79 Å². The van der Waals surface area contributed by atoms with E-state index in [2.05, 4.69) is 17.4 Å².